The summed E-state index contributed by atoms with van der Waals surface area (Å²) in [7, 11) is 0. The van der Waals surface area contributed by atoms with E-state index < -0.39 is 0 Å². The Hall–Kier alpha value is -3.86. The predicted octanol–water partition coefficient (Wildman–Crippen LogP) is 7.56. The molecule has 5 heteroatoms. The summed E-state index contributed by atoms with van der Waals surface area (Å²) >= 11 is 0. The zero-order valence-corrected chi connectivity index (χ0v) is 23.3. The number of ether oxygens (including phenoxy) is 1. The molecule has 0 fully saturated rings. The third kappa shape index (κ3) is 8.57. The highest BCUT2D eigenvalue weighted by Crippen LogP contribution is 2.22. The van der Waals surface area contributed by atoms with E-state index in [0.29, 0.717) is 19.1 Å². The van der Waals surface area contributed by atoms with Crippen LogP contribution in [0.4, 0.5) is 0 Å². The number of hydrogen-bond acceptors (Lipinski definition) is 3. The van der Waals surface area contributed by atoms with Gasteiger partial charge in [-0.15, -0.1) is 0 Å². The molecule has 39 heavy (non-hydrogen) atoms. The molecule has 204 valence electrons. The molecule has 0 aliphatic heterocycles. The predicted molar refractivity (Wildman–Crippen MR) is 161 cm³/mol. The van der Waals surface area contributed by atoms with E-state index in [9.17, 15) is 4.79 Å². The molecule has 0 aliphatic carbocycles. The van der Waals surface area contributed by atoms with Crippen LogP contribution < -0.4 is 10.1 Å². The molecule has 4 aromatic rings. The number of amides is 1. The lowest BCUT2D eigenvalue weighted by atomic mass is 9.99. The van der Waals surface area contributed by atoms with Gasteiger partial charge >= 0.3 is 0 Å². The van der Waals surface area contributed by atoms with Crippen LogP contribution in [0.3, 0.4) is 0 Å². The Labute approximate surface area is 232 Å². The molecule has 0 saturated carbocycles. The van der Waals surface area contributed by atoms with Crippen LogP contribution >= 0.6 is 0 Å². The van der Waals surface area contributed by atoms with Crippen LogP contribution in [0, 0.1) is 0 Å². The highest BCUT2D eigenvalue weighted by Gasteiger charge is 2.10. The molecule has 1 heterocycles. The minimum atomic E-state index is -0.0469. The second kappa shape index (κ2) is 14.9. The average molecular weight is 524 g/mol. The van der Waals surface area contributed by atoms with Crippen LogP contribution in [-0.4, -0.2) is 28.6 Å². The van der Waals surface area contributed by atoms with Gasteiger partial charge in [-0.3, -0.25) is 4.79 Å². The number of hydrogen-bond donors (Lipinski definition) is 1. The monoisotopic (exact) mass is 523 g/mol. The maximum absolute atomic E-state index is 12.1. The van der Waals surface area contributed by atoms with Crippen LogP contribution in [0.2, 0.25) is 0 Å². The number of benzene rings is 3. The summed E-state index contributed by atoms with van der Waals surface area (Å²) < 4.78 is 8.39. The number of carbonyl (C=O) groups is 1. The Morgan fingerprint density at radius 3 is 2.51 bits per heavy atom. The smallest absolute Gasteiger partial charge is 0.243 e. The third-order valence-electron chi connectivity index (χ3n) is 7.19. The molecule has 0 bridgehead atoms. The molecule has 0 saturated heterocycles. The lowest BCUT2D eigenvalue weighted by Crippen LogP contribution is -2.22. The van der Waals surface area contributed by atoms with Gasteiger partial charge in [0.1, 0.15) is 11.6 Å². The Morgan fingerprint density at radius 1 is 0.949 bits per heavy atom. The van der Waals surface area contributed by atoms with E-state index in [1.165, 1.54) is 11.1 Å². The van der Waals surface area contributed by atoms with Crippen molar-refractivity contribution in [2.24, 2.45) is 0 Å². The van der Waals surface area contributed by atoms with Crippen molar-refractivity contribution in [3.05, 3.63) is 102 Å². The number of nitrogens with one attached hydrogen (secondary N) is 1. The summed E-state index contributed by atoms with van der Waals surface area (Å²) in [5.74, 6) is 2.59. The molecule has 4 rings (SSSR count). The molecule has 3 aromatic carbocycles. The standard InChI is InChI=1S/C34H41N3O2/c1-3-27(2)29-19-21-30(22-20-29)39-26-12-25-37-32-16-10-9-15-31(32)36-33(37)17-8-5-11-24-35-34(38)23-18-28-13-6-4-7-14-28/h4,6-7,9-10,13-16,18-23,27H,3,5,8,11-12,17,24-26H2,1-2H3,(H,35,38)/b23-18+. The Balaban J connectivity index is 1.21. The van der Waals surface area contributed by atoms with Crippen molar-refractivity contribution in [2.75, 3.05) is 13.2 Å². The van der Waals surface area contributed by atoms with Crippen molar-refractivity contribution in [2.45, 2.75) is 64.8 Å². The van der Waals surface area contributed by atoms with Crippen molar-refractivity contribution in [1.29, 1.82) is 0 Å². The van der Waals surface area contributed by atoms with Gasteiger partial charge in [-0.2, -0.15) is 0 Å². The summed E-state index contributed by atoms with van der Waals surface area (Å²) in [5, 5.41) is 2.98. The van der Waals surface area contributed by atoms with E-state index in [4.69, 9.17) is 9.72 Å². The van der Waals surface area contributed by atoms with E-state index in [1.807, 2.05) is 42.5 Å². The highest BCUT2D eigenvalue weighted by molar-refractivity contribution is 5.91. The van der Waals surface area contributed by atoms with E-state index in [0.717, 1.165) is 67.7 Å². The first-order valence-electron chi connectivity index (χ1n) is 14.3. The van der Waals surface area contributed by atoms with Gasteiger partial charge in [0.25, 0.3) is 0 Å². The topological polar surface area (TPSA) is 56.1 Å². The molecule has 1 unspecified atom stereocenters. The number of fused-ring (bicyclic) bond motifs is 1. The second-order valence-corrected chi connectivity index (χ2v) is 10.1. The first kappa shape index (κ1) is 28.2. The maximum Gasteiger partial charge on any atom is 0.243 e. The molecular formula is C34H41N3O2. The number of para-hydroxylation sites is 2. The number of unbranched alkanes of at least 4 members (excludes halogenated alkanes) is 2. The number of aromatic nitrogens is 2. The van der Waals surface area contributed by atoms with Crippen LogP contribution in [0.25, 0.3) is 17.1 Å². The molecule has 1 aromatic heterocycles. The van der Waals surface area contributed by atoms with E-state index in [-0.39, 0.29) is 5.91 Å². The summed E-state index contributed by atoms with van der Waals surface area (Å²) in [4.78, 5) is 17.0. The van der Waals surface area contributed by atoms with Crippen molar-refractivity contribution < 1.29 is 9.53 Å². The van der Waals surface area contributed by atoms with Crippen molar-refractivity contribution in [3.63, 3.8) is 0 Å². The molecule has 5 nitrogen and oxygen atoms in total. The number of carbonyl (C=O) groups excluding carboxylic acids is 1. The van der Waals surface area contributed by atoms with Gasteiger partial charge in [0.05, 0.1) is 17.6 Å². The number of imidazole rings is 1. The zero-order chi connectivity index (χ0) is 27.3. The van der Waals surface area contributed by atoms with Crippen LogP contribution in [0.1, 0.15) is 68.8 Å². The summed E-state index contributed by atoms with van der Waals surface area (Å²) in [6.45, 7) is 6.71. The molecule has 0 aliphatic rings. The zero-order valence-electron chi connectivity index (χ0n) is 23.3. The number of rotatable bonds is 15. The Bertz CT molecular complexity index is 1330. The van der Waals surface area contributed by atoms with Crippen LogP contribution in [-0.2, 0) is 17.8 Å². The summed E-state index contributed by atoms with van der Waals surface area (Å²) in [5.41, 5.74) is 4.62. The van der Waals surface area contributed by atoms with Crippen molar-refractivity contribution >= 4 is 23.0 Å². The fourth-order valence-electron chi connectivity index (χ4n) is 4.70. The van der Waals surface area contributed by atoms with E-state index in [1.54, 1.807) is 6.08 Å². The lowest BCUT2D eigenvalue weighted by molar-refractivity contribution is -0.116. The molecular weight excluding hydrogens is 482 g/mol. The average Bonchev–Trinajstić information content (AvgIpc) is 3.33. The van der Waals surface area contributed by atoms with Gasteiger partial charge in [-0.1, -0.05) is 74.9 Å². The van der Waals surface area contributed by atoms with Crippen molar-refractivity contribution in [1.82, 2.24) is 14.9 Å². The largest absolute Gasteiger partial charge is 0.494 e. The minimum Gasteiger partial charge on any atom is -0.494 e. The minimum absolute atomic E-state index is 0.0469. The number of aryl methyl sites for hydroxylation is 2. The molecule has 0 radical (unpaired) electrons. The fourth-order valence-corrected chi connectivity index (χ4v) is 4.70. The lowest BCUT2D eigenvalue weighted by Gasteiger charge is -2.12. The molecule has 1 atom stereocenters. The third-order valence-corrected chi connectivity index (χ3v) is 7.19. The van der Waals surface area contributed by atoms with Gasteiger partial charge in [0.15, 0.2) is 0 Å². The normalized spacial score (nSPS) is 12.2. The summed E-state index contributed by atoms with van der Waals surface area (Å²) in [6, 6.07) is 26.8. The van der Waals surface area contributed by atoms with Gasteiger partial charge < -0.3 is 14.6 Å². The maximum atomic E-state index is 12.1. The quantitative estimate of drug-likeness (QED) is 0.129. The van der Waals surface area contributed by atoms with Gasteiger partial charge in [-0.05, 0) is 73.1 Å². The Kier molecular flexibility index (Phi) is 10.8. The second-order valence-electron chi connectivity index (χ2n) is 10.1. The summed E-state index contributed by atoms with van der Waals surface area (Å²) in [6.07, 6.45) is 9.47. The molecule has 1 amide bonds. The van der Waals surface area contributed by atoms with E-state index >= 15 is 0 Å². The van der Waals surface area contributed by atoms with Gasteiger partial charge in [0.2, 0.25) is 5.91 Å². The first-order valence-corrected chi connectivity index (χ1v) is 14.3. The number of nitrogens with zero attached hydrogens (tertiary/aromatic N) is 2. The van der Waals surface area contributed by atoms with E-state index in [2.05, 4.69) is 66.2 Å². The van der Waals surface area contributed by atoms with Crippen LogP contribution in [0.5, 0.6) is 5.75 Å². The van der Waals surface area contributed by atoms with Crippen molar-refractivity contribution in [3.8, 4) is 5.75 Å². The first-order chi connectivity index (χ1) is 19.1. The van der Waals surface area contributed by atoms with Crippen LogP contribution in [0.15, 0.2) is 84.9 Å². The molecule has 0 spiro atoms. The Morgan fingerprint density at radius 2 is 1.72 bits per heavy atom. The SMILES string of the molecule is CCC(C)c1ccc(OCCCn2c(CCCCCNC(=O)/C=C/c3ccccc3)nc3ccccc32)cc1. The highest BCUT2D eigenvalue weighted by atomic mass is 16.5. The van der Waals surface area contributed by atoms with Gasteiger partial charge in [0, 0.05) is 25.6 Å². The molecule has 1 N–H and O–H groups in total. The van der Waals surface area contributed by atoms with Gasteiger partial charge in [-0.25, -0.2) is 4.98 Å². The fraction of sp³-hybridized carbons (Fsp3) is 0.353.